The molecule has 0 spiro atoms. The van der Waals surface area contributed by atoms with Crippen molar-refractivity contribution in [3.05, 3.63) is 48.0 Å². The van der Waals surface area contributed by atoms with Gasteiger partial charge in [-0.1, -0.05) is 42.5 Å². The molecule has 5 heteroatoms. The van der Waals surface area contributed by atoms with Gasteiger partial charge in [0.25, 0.3) is 0 Å². The van der Waals surface area contributed by atoms with Crippen LogP contribution in [0.1, 0.15) is 45.2 Å². The number of carbonyl (C=O) groups is 2. The third-order valence-corrected chi connectivity index (χ3v) is 4.91. The molecule has 0 saturated carbocycles. The summed E-state index contributed by atoms with van der Waals surface area (Å²) in [4.78, 5) is 26.8. The molecule has 5 nitrogen and oxygen atoms in total. The van der Waals surface area contributed by atoms with Gasteiger partial charge in [0, 0.05) is 12.1 Å². The van der Waals surface area contributed by atoms with Gasteiger partial charge < -0.3 is 10.6 Å². The molecule has 1 atom stereocenters. The molecule has 27 heavy (non-hydrogen) atoms. The van der Waals surface area contributed by atoms with Crippen LogP contribution in [0.3, 0.4) is 0 Å². The summed E-state index contributed by atoms with van der Waals surface area (Å²) in [5.41, 5.74) is 0.768. The fourth-order valence-electron chi connectivity index (χ4n) is 3.70. The lowest BCUT2D eigenvalue weighted by atomic mass is 9.97. The van der Waals surface area contributed by atoms with Crippen LogP contribution in [0, 0.1) is 0 Å². The molecule has 0 aliphatic carbocycles. The maximum atomic E-state index is 12.3. The van der Waals surface area contributed by atoms with Crippen LogP contribution in [-0.2, 0) is 9.59 Å². The SMILES string of the molecule is CC(C)(C)NC(=O)C(=O)NC[C@@H](c1cccc2ccccc12)N1CCCC1. The molecular weight excluding hydrogens is 338 g/mol. The van der Waals surface area contributed by atoms with Gasteiger partial charge >= 0.3 is 11.8 Å². The minimum Gasteiger partial charge on any atom is -0.346 e. The number of nitrogens with one attached hydrogen (secondary N) is 2. The quantitative estimate of drug-likeness (QED) is 0.817. The third kappa shape index (κ3) is 4.86. The molecule has 0 radical (unpaired) electrons. The van der Waals surface area contributed by atoms with E-state index in [2.05, 4.69) is 45.9 Å². The highest BCUT2D eigenvalue weighted by Gasteiger charge is 2.27. The van der Waals surface area contributed by atoms with Crippen molar-refractivity contribution in [3.63, 3.8) is 0 Å². The molecule has 2 aromatic rings. The Bertz CT molecular complexity index is 814. The van der Waals surface area contributed by atoms with Crippen molar-refractivity contribution >= 4 is 22.6 Å². The van der Waals surface area contributed by atoms with E-state index in [4.69, 9.17) is 0 Å². The number of nitrogens with zero attached hydrogens (tertiary/aromatic N) is 1. The Hall–Kier alpha value is -2.40. The smallest absolute Gasteiger partial charge is 0.309 e. The van der Waals surface area contributed by atoms with Crippen LogP contribution in [0.25, 0.3) is 10.8 Å². The summed E-state index contributed by atoms with van der Waals surface area (Å²) in [5, 5.41) is 7.96. The van der Waals surface area contributed by atoms with E-state index in [-0.39, 0.29) is 6.04 Å². The molecule has 0 unspecified atom stereocenters. The molecule has 1 fully saturated rings. The second kappa shape index (κ2) is 8.09. The highest BCUT2D eigenvalue weighted by atomic mass is 16.2. The molecule has 3 rings (SSSR count). The first-order valence-corrected chi connectivity index (χ1v) is 9.67. The van der Waals surface area contributed by atoms with Crippen LogP contribution in [0.4, 0.5) is 0 Å². The Morgan fingerprint density at radius 2 is 1.67 bits per heavy atom. The van der Waals surface area contributed by atoms with Crippen LogP contribution in [-0.4, -0.2) is 41.9 Å². The summed E-state index contributed by atoms with van der Waals surface area (Å²) in [6.07, 6.45) is 2.33. The van der Waals surface area contributed by atoms with Crippen molar-refractivity contribution in [2.45, 2.75) is 45.2 Å². The second-order valence-electron chi connectivity index (χ2n) is 8.24. The highest BCUT2D eigenvalue weighted by molar-refractivity contribution is 6.35. The molecule has 1 aliphatic rings. The predicted molar refractivity (Wildman–Crippen MR) is 108 cm³/mol. The fraction of sp³-hybridized carbons (Fsp3) is 0.455. The average molecular weight is 367 g/mol. The third-order valence-electron chi connectivity index (χ3n) is 4.91. The largest absolute Gasteiger partial charge is 0.346 e. The normalized spacial score (nSPS) is 16.3. The maximum Gasteiger partial charge on any atom is 0.309 e. The van der Waals surface area contributed by atoms with Crippen LogP contribution in [0.15, 0.2) is 42.5 Å². The minimum absolute atomic E-state index is 0.0602. The fourth-order valence-corrected chi connectivity index (χ4v) is 3.70. The number of fused-ring (bicyclic) bond motifs is 1. The molecule has 0 aromatic heterocycles. The number of likely N-dealkylation sites (tertiary alicyclic amines) is 1. The van der Waals surface area contributed by atoms with E-state index in [1.54, 1.807) is 0 Å². The van der Waals surface area contributed by atoms with Crippen LogP contribution >= 0.6 is 0 Å². The van der Waals surface area contributed by atoms with E-state index >= 15 is 0 Å². The first-order chi connectivity index (χ1) is 12.8. The highest BCUT2D eigenvalue weighted by Crippen LogP contribution is 2.30. The Balaban J connectivity index is 1.80. The van der Waals surface area contributed by atoms with Crippen molar-refractivity contribution in [1.82, 2.24) is 15.5 Å². The summed E-state index contributed by atoms with van der Waals surface area (Å²) in [7, 11) is 0. The van der Waals surface area contributed by atoms with Gasteiger partial charge in [0.05, 0.1) is 6.04 Å². The molecule has 2 N–H and O–H groups in total. The summed E-state index contributed by atoms with van der Waals surface area (Å²) >= 11 is 0. The second-order valence-corrected chi connectivity index (χ2v) is 8.24. The zero-order valence-corrected chi connectivity index (χ0v) is 16.4. The number of hydrogen-bond acceptors (Lipinski definition) is 3. The van der Waals surface area contributed by atoms with Gasteiger partial charge in [-0.25, -0.2) is 0 Å². The number of benzene rings is 2. The van der Waals surface area contributed by atoms with Gasteiger partial charge in [-0.05, 0) is 63.0 Å². The van der Waals surface area contributed by atoms with Gasteiger partial charge in [0.1, 0.15) is 0 Å². The molecular formula is C22H29N3O2. The zero-order chi connectivity index (χ0) is 19.4. The molecule has 144 valence electrons. The summed E-state index contributed by atoms with van der Waals surface area (Å²) in [5.74, 6) is -1.16. The summed E-state index contributed by atoms with van der Waals surface area (Å²) < 4.78 is 0. The van der Waals surface area contributed by atoms with Gasteiger partial charge in [0.15, 0.2) is 0 Å². The Kier molecular flexibility index (Phi) is 5.80. The van der Waals surface area contributed by atoms with Gasteiger partial charge in [0.2, 0.25) is 0 Å². The number of carbonyl (C=O) groups excluding carboxylic acids is 2. The van der Waals surface area contributed by atoms with E-state index < -0.39 is 17.4 Å². The van der Waals surface area contributed by atoms with E-state index in [1.807, 2.05) is 32.9 Å². The first kappa shape index (κ1) is 19.4. The van der Waals surface area contributed by atoms with Gasteiger partial charge in [-0.15, -0.1) is 0 Å². The number of amides is 2. The molecule has 2 aromatic carbocycles. The lowest BCUT2D eigenvalue weighted by Gasteiger charge is -2.29. The molecule has 0 bridgehead atoms. The first-order valence-electron chi connectivity index (χ1n) is 9.67. The van der Waals surface area contributed by atoms with Crippen molar-refractivity contribution < 1.29 is 9.59 Å². The van der Waals surface area contributed by atoms with Crippen molar-refractivity contribution in [2.75, 3.05) is 19.6 Å². The minimum atomic E-state index is -0.583. The van der Waals surface area contributed by atoms with Gasteiger partial charge in [-0.2, -0.15) is 0 Å². The van der Waals surface area contributed by atoms with Crippen molar-refractivity contribution in [3.8, 4) is 0 Å². The maximum absolute atomic E-state index is 12.3. The van der Waals surface area contributed by atoms with Gasteiger partial charge in [-0.3, -0.25) is 14.5 Å². The lowest BCUT2D eigenvalue weighted by molar-refractivity contribution is -0.140. The molecule has 1 saturated heterocycles. The Morgan fingerprint density at radius 1 is 1.00 bits per heavy atom. The van der Waals surface area contributed by atoms with Crippen LogP contribution < -0.4 is 10.6 Å². The average Bonchev–Trinajstić information content (AvgIpc) is 3.15. The van der Waals surface area contributed by atoms with Crippen LogP contribution in [0.2, 0.25) is 0 Å². The van der Waals surface area contributed by atoms with Crippen molar-refractivity contribution in [2.24, 2.45) is 0 Å². The number of hydrogen-bond donors (Lipinski definition) is 2. The van der Waals surface area contributed by atoms with E-state index in [9.17, 15) is 9.59 Å². The Labute approximate surface area is 161 Å². The van der Waals surface area contributed by atoms with E-state index in [0.29, 0.717) is 6.54 Å². The molecule has 1 heterocycles. The summed E-state index contributed by atoms with van der Waals surface area (Å²) in [6.45, 7) is 8.03. The molecule has 1 aliphatic heterocycles. The zero-order valence-electron chi connectivity index (χ0n) is 16.4. The Morgan fingerprint density at radius 3 is 2.37 bits per heavy atom. The monoisotopic (exact) mass is 367 g/mol. The topological polar surface area (TPSA) is 61.4 Å². The predicted octanol–water partition coefficient (Wildman–Crippen LogP) is 3.01. The van der Waals surface area contributed by atoms with E-state index in [1.165, 1.54) is 29.2 Å². The van der Waals surface area contributed by atoms with E-state index in [0.717, 1.165) is 13.1 Å². The van der Waals surface area contributed by atoms with Crippen LogP contribution in [0.5, 0.6) is 0 Å². The standard InChI is InChI=1S/C22H29N3O2/c1-22(2,3)24-21(27)20(26)23-15-19(25-13-6-7-14-25)18-12-8-10-16-9-4-5-11-17(16)18/h4-5,8-12,19H,6-7,13-15H2,1-3H3,(H,23,26)(H,24,27)/t19-/m0/s1. The lowest BCUT2D eigenvalue weighted by Crippen LogP contribution is -2.49. The number of rotatable bonds is 4. The molecule has 2 amide bonds. The summed E-state index contributed by atoms with van der Waals surface area (Å²) in [6, 6.07) is 14.7. The van der Waals surface area contributed by atoms with Crippen molar-refractivity contribution in [1.29, 1.82) is 0 Å².